The fourth-order valence-corrected chi connectivity index (χ4v) is 4.21. The molecule has 134 valence electrons. The standard InChI is InChI=1S/C19H20N4O2S/c1-23(2)9-7-22(8-10-23)18-15(26-19(20)21-18)11-14-16(24)12-5-3-4-6-13(12)17(14)25/h3-6,11H,7-10H2,1-2H3,(H-,20,21,24,25)/p+1. The number of carbonyl (C=O) groups excluding carboxylic acids is 2. The Kier molecular flexibility index (Phi) is 3.93. The maximum Gasteiger partial charge on any atom is 0.197 e. The second-order valence-electron chi connectivity index (χ2n) is 7.37. The number of allylic oxidation sites excluding steroid dienone is 1. The summed E-state index contributed by atoms with van der Waals surface area (Å²) < 4.78 is 0.971. The Hall–Kier alpha value is -2.51. The molecule has 26 heavy (non-hydrogen) atoms. The van der Waals surface area contributed by atoms with Crippen LogP contribution in [0.25, 0.3) is 6.08 Å². The number of ketones is 2. The summed E-state index contributed by atoms with van der Waals surface area (Å²) in [5.74, 6) is 0.330. The van der Waals surface area contributed by atoms with Gasteiger partial charge in [-0.2, -0.15) is 0 Å². The minimum Gasteiger partial charge on any atom is -0.375 e. The molecule has 1 saturated heterocycles. The molecule has 6 nitrogen and oxygen atoms in total. The number of rotatable bonds is 2. The maximum atomic E-state index is 12.6. The van der Waals surface area contributed by atoms with Crippen LogP contribution < -0.4 is 10.6 Å². The Bertz CT molecular complexity index is 898. The van der Waals surface area contributed by atoms with Gasteiger partial charge in [-0.25, -0.2) is 4.98 Å². The van der Waals surface area contributed by atoms with Crippen molar-refractivity contribution in [3.63, 3.8) is 0 Å². The summed E-state index contributed by atoms with van der Waals surface area (Å²) >= 11 is 1.32. The average Bonchev–Trinajstić information content (AvgIpc) is 3.09. The third-order valence-corrected chi connectivity index (χ3v) is 5.90. The van der Waals surface area contributed by atoms with E-state index >= 15 is 0 Å². The molecule has 2 aromatic rings. The Morgan fingerprint density at radius 2 is 1.69 bits per heavy atom. The van der Waals surface area contributed by atoms with E-state index in [9.17, 15) is 9.59 Å². The number of piperazine rings is 1. The molecule has 1 aromatic heterocycles. The molecular formula is C19H21N4O2S+. The summed E-state index contributed by atoms with van der Waals surface area (Å²) in [6.45, 7) is 3.76. The molecule has 0 spiro atoms. The lowest BCUT2D eigenvalue weighted by Crippen LogP contribution is -2.55. The van der Waals surface area contributed by atoms with Gasteiger partial charge in [0.25, 0.3) is 0 Å². The number of carbonyl (C=O) groups is 2. The van der Waals surface area contributed by atoms with Gasteiger partial charge in [0.1, 0.15) is 5.82 Å². The van der Waals surface area contributed by atoms with Crippen LogP contribution in [0.3, 0.4) is 0 Å². The van der Waals surface area contributed by atoms with Crippen molar-refractivity contribution in [2.24, 2.45) is 0 Å². The van der Waals surface area contributed by atoms with Crippen LogP contribution in [0, 0.1) is 0 Å². The fraction of sp³-hybridized carbons (Fsp3) is 0.316. The van der Waals surface area contributed by atoms with Crippen LogP contribution in [0.4, 0.5) is 10.9 Å². The molecule has 1 fully saturated rings. The van der Waals surface area contributed by atoms with Crippen LogP contribution in [-0.2, 0) is 0 Å². The molecular weight excluding hydrogens is 348 g/mol. The summed E-state index contributed by atoms with van der Waals surface area (Å²) in [5, 5.41) is 0.446. The topological polar surface area (TPSA) is 76.3 Å². The molecule has 0 amide bonds. The smallest absolute Gasteiger partial charge is 0.197 e. The largest absolute Gasteiger partial charge is 0.375 e. The molecule has 0 atom stereocenters. The molecule has 2 aliphatic rings. The summed E-state index contributed by atoms with van der Waals surface area (Å²) in [4.78, 5) is 32.7. The van der Waals surface area contributed by atoms with Crippen LogP contribution in [0.15, 0.2) is 29.8 Å². The fourth-order valence-electron chi connectivity index (χ4n) is 3.41. The van der Waals surface area contributed by atoms with Crippen molar-refractivity contribution >= 4 is 39.9 Å². The monoisotopic (exact) mass is 369 g/mol. The lowest BCUT2D eigenvalue weighted by atomic mass is 10.1. The molecule has 0 bridgehead atoms. The van der Waals surface area contributed by atoms with E-state index in [1.54, 1.807) is 30.3 Å². The zero-order valence-electron chi connectivity index (χ0n) is 14.9. The van der Waals surface area contributed by atoms with Crippen LogP contribution in [0.1, 0.15) is 25.6 Å². The third kappa shape index (κ3) is 2.83. The number of hydrogen-bond donors (Lipinski definition) is 1. The van der Waals surface area contributed by atoms with E-state index in [-0.39, 0.29) is 17.1 Å². The molecule has 2 heterocycles. The molecule has 4 rings (SSSR count). The Morgan fingerprint density at radius 3 is 2.27 bits per heavy atom. The lowest BCUT2D eigenvalue weighted by Gasteiger charge is -2.39. The maximum absolute atomic E-state index is 12.6. The van der Waals surface area contributed by atoms with E-state index in [1.165, 1.54) is 11.3 Å². The van der Waals surface area contributed by atoms with Crippen LogP contribution in [0.2, 0.25) is 0 Å². The lowest BCUT2D eigenvalue weighted by molar-refractivity contribution is -0.890. The zero-order chi connectivity index (χ0) is 18.5. The molecule has 0 radical (unpaired) electrons. The Balaban J connectivity index is 1.69. The molecule has 0 saturated carbocycles. The number of thiazole rings is 1. The highest BCUT2D eigenvalue weighted by molar-refractivity contribution is 7.16. The number of hydrogen-bond acceptors (Lipinski definition) is 6. The van der Waals surface area contributed by atoms with Gasteiger partial charge in [0.15, 0.2) is 16.7 Å². The number of quaternary nitrogens is 1. The van der Waals surface area contributed by atoms with Gasteiger partial charge in [0.2, 0.25) is 0 Å². The SMILES string of the molecule is C[N+]1(C)CCN(c2nc(N)sc2C=C2C(=O)c3ccccc3C2=O)CC1. The highest BCUT2D eigenvalue weighted by Gasteiger charge is 2.34. The quantitative estimate of drug-likeness (QED) is 0.498. The summed E-state index contributed by atoms with van der Waals surface area (Å²) in [7, 11) is 4.42. The summed E-state index contributed by atoms with van der Waals surface area (Å²) in [6.07, 6.45) is 1.67. The molecule has 2 N–H and O–H groups in total. The van der Waals surface area contributed by atoms with E-state index in [4.69, 9.17) is 5.73 Å². The van der Waals surface area contributed by atoms with Gasteiger partial charge in [-0.05, 0) is 6.08 Å². The van der Waals surface area contributed by atoms with E-state index in [2.05, 4.69) is 24.0 Å². The van der Waals surface area contributed by atoms with Crippen molar-refractivity contribution in [1.29, 1.82) is 0 Å². The number of likely N-dealkylation sites (N-methyl/N-ethyl adjacent to an activating group) is 1. The van der Waals surface area contributed by atoms with Crippen LogP contribution >= 0.6 is 11.3 Å². The van der Waals surface area contributed by atoms with Crippen LogP contribution in [-0.4, -0.2) is 61.3 Å². The number of nitrogens with zero attached hydrogens (tertiary/aromatic N) is 3. The van der Waals surface area contributed by atoms with Gasteiger partial charge in [0.05, 0.1) is 50.7 Å². The highest BCUT2D eigenvalue weighted by atomic mass is 32.1. The number of aromatic nitrogens is 1. The number of benzene rings is 1. The normalized spacial score (nSPS) is 19.0. The number of nitrogen functional groups attached to an aromatic ring is 1. The Labute approximate surface area is 156 Å². The van der Waals surface area contributed by atoms with E-state index in [1.807, 2.05) is 0 Å². The van der Waals surface area contributed by atoms with E-state index in [0.29, 0.717) is 16.3 Å². The molecule has 1 aliphatic carbocycles. The first kappa shape index (κ1) is 16.9. The van der Waals surface area contributed by atoms with Gasteiger partial charge in [0, 0.05) is 11.1 Å². The number of nitrogens with two attached hydrogens (primary N) is 1. The second kappa shape index (κ2) is 6.03. The summed E-state index contributed by atoms with van der Waals surface area (Å²) in [5.41, 5.74) is 7.09. The van der Waals surface area contributed by atoms with Crippen molar-refractivity contribution in [3.8, 4) is 0 Å². The number of fused-ring (bicyclic) bond motifs is 1. The Morgan fingerprint density at radius 1 is 1.12 bits per heavy atom. The van der Waals surface area contributed by atoms with Gasteiger partial charge in [-0.15, -0.1) is 0 Å². The summed E-state index contributed by atoms with van der Waals surface area (Å²) in [6, 6.07) is 6.94. The van der Waals surface area contributed by atoms with E-state index < -0.39 is 0 Å². The third-order valence-electron chi connectivity index (χ3n) is 5.08. The van der Waals surface area contributed by atoms with E-state index in [0.717, 1.165) is 41.4 Å². The molecule has 0 unspecified atom stereocenters. The van der Waals surface area contributed by atoms with Crippen molar-refractivity contribution < 1.29 is 14.1 Å². The van der Waals surface area contributed by atoms with Gasteiger partial charge in [-0.1, -0.05) is 35.6 Å². The zero-order valence-corrected chi connectivity index (χ0v) is 15.7. The van der Waals surface area contributed by atoms with Crippen molar-refractivity contribution in [1.82, 2.24) is 4.98 Å². The first-order valence-electron chi connectivity index (χ1n) is 8.59. The van der Waals surface area contributed by atoms with Crippen molar-refractivity contribution in [2.45, 2.75) is 0 Å². The second-order valence-corrected chi connectivity index (χ2v) is 8.43. The molecule has 7 heteroatoms. The first-order chi connectivity index (χ1) is 12.4. The van der Waals surface area contributed by atoms with Crippen LogP contribution in [0.5, 0.6) is 0 Å². The average molecular weight is 369 g/mol. The predicted molar refractivity (Wildman–Crippen MR) is 104 cm³/mol. The minimum atomic E-state index is -0.222. The van der Waals surface area contributed by atoms with Gasteiger partial charge < -0.3 is 15.1 Å². The van der Waals surface area contributed by atoms with Gasteiger partial charge >= 0.3 is 0 Å². The van der Waals surface area contributed by atoms with Crippen molar-refractivity contribution in [2.75, 3.05) is 50.9 Å². The predicted octanol–water partition coefficient (Wildman–Crippen LogP) is 2.08. The molecule has 1 aliphatic heterocycles. The van der Waals surface area contributed by atoms with Crippen molar-refractivity contribution in [3.05, 3.63) is 45.8 Å². The first-order valence-corrected chi connectivity index (χ1v) is 9.41. The number of Topliss-reactive ketones (excluding diaryl/α,β-unsaturated/α-hetero) is 2. The molecule has 1 aromatic carbocycles. The minimum absolute atomic E-state index is 0.198. The number of anilines is 2. The highest BCUT2D eigenvalue weighted by Crippen LogP contribution is 2.34. The van der Waals surface area contributed by atoms with Gasteiger partial charge in [-0.3, -0.25) is 9.59 Å².